The Morgan fingerprint density at radius 2 is 2.19 bits per heavy atom. The number of nitrogens with zero attached hydrogens (tertiary/aromatic N) is 1. The number of aromatic nitrogens is 1. The number of hydrogen-bond acceptors (Lipinski definition) is 3. The van der Waals surface area contributed by atoms with Gasteiger partial charge in [-0.05, 0) is 31.9 Å². The first-order valence-electron chi connectivity index (χ1n) is 5.36. The molecule has 4 heteroatoms. The van der Waals surface area contributed by atoms with Crippen molar-refractivity contribution in [2.24, 2.45) is 0 Å². The number of carboxylic acids is 1. The molecule has 1 aromatic rings. The highest BCUT2D eigenvalue weighted by atomic mass is 16.5. The molecular formula is C12H15NO3. The fourth-order valence-corrected chi connectivity index (χ4v) is 2.13. The Hall–Kier alpha value is -1.58. The minimum absolute atomic E-state index is 0.577. The molecule has 0 bridgehead atoms. The number of pyridine rings is 1. The van der Waals surface area contributed by atoms with E-state index < -0.39 is 11.4 Å². The van der Waals surface area contributed by atoms with Gasteiger partial charge in [0.2, 0.25) is 0 Å². The van der Waals surface area contributed by atoms with E-state index in [0.717, 1.165) is 12.1 Å². The van der Waals surface area contributed by atoms with E-state index in [9.17, 15) is 9.90 Å². The molecule has 1 aliphatic rings. The molecule has 0 atom stereocenters. The predicted octanol–water partition coefficient (Wildman–Crippen LogP) is 1.90. The van der Waals surface area contributed by atoms with Crippen molar-refractivity contribution in [2.45, 2.75) is 31.6 Å². The van der Waals surface area contributed by atoms with E-state index in [1.165, 1.54) is 0 Å². The lowest BCUT2D eigenvalue weighted by Gasteiger charge is -2.37. The van der Waals surface area contributed by atoms with Crippen LogP contribution in [0.5, 0.6) is 5.75 Å². The molecule has 16 heavy (non-hydrogen) atoms. The summed E-state index contributed by atoms with van der Waals surface area (Å²) in [7, 11) is 1.55. The smallest absolute Gasteiger partial charge is 0.315 e. The zero-order valence-electron chi connectivity index (χ0n) is 9.49. The van der Waals surface area contributed by atoms with Crippen molar-refractivity contribution in [1.29, 1.82) is 0 Å². The van der Waals surface area contributed by atoms with E-state index >= 15 is 0 Å². The Balaban J connectivity index is 2.52. The molecular weight excluding hydrogens is 206 g/mol. The summed E-state index contributed by atoms with van der Waals surface area (Å²) in [5, 5.41) is 9.35. The van der Waals surface area contributed by atoms with Crippen molar-refractivity contribution in [2.75, 3.05) is 7.11 Å². The first-order valence-corrected chi connectivity index (χ1v) is 5.36. The third-order valence-electron chi connectivity index (χ3n) is 3.29. The molecule has 0 unspecified atom stereocenters. The van der Waals surface area contributed by atoms with Gasteiger partial charge in [-0.1, -0.05) is 6.42 Å². The lowest BCUT2D eigenvalue weighted by atomic mass is 9.66. The van der Waals surface area contributed by atoms with E-state index in [1.54, 1.807) is 13.2 Å². The van der Waals surface area contributed by atoms with E-state index in [4.69, 9.17) is 4.74 Å². The number of rotatable bonds is 3. The maximum Gasteiger partial charge on any atom is 0.315 e. The molecule has 1 heterocycles. The summed E-state index contributed by atoms with van der Waals surface area (Å²) in [4.78, 5) is 15.7. The normalized spacial score (nSPS) is 17.6. The van der Waals surface area contributed by atoms with Gasteiger partial charge in [-0.3, -0.25) is 9.78 Å². The second-order valence-corrected chi connectivity index (χ2v) is 4.24. The van der Waals surface area contributed by atoms with Crippen LogP contribution in [0.1, 0.15) is 30.7 Å². The Morgan fingerprint density at radius 1 is 1.50 bits per heavy atom. The Bertz CT molecular complexity index is 424. The molecule has 0 radical (unpaired) electrons. The first-order chi connectivity index (χ1) is 7.60. The van der Waals surface area contributed by atoms with Gasteiger partial charge in [-0.25, -0.2) is 0 Å². The van der Waals surface area contributed by atoms with Gasteiger partial charge in [-0.2, -0.15) is 0 Å². The van der Waals surface area contributed by atoms with Crippen molar-refractivity contribution in [3.63, 3.8) is 0 Å². The number of methoxy groups -OCH3 is 1. The standard InChI is InChI=1S/C12H15NO3/c1-8-4-5-9(16-2)10(13-8)12(11(14)15)6-3-7-12/h4-5H,3,6-7H2,1-2H3,(H,14,15). The molecule has 2 rings (SSSR count). The number of aliphatic carboxylic acids is 1. The molecule has 86 valence electrons. The monoisotopic (exact) mass is 221 g/mol. The zero-order valence-corrected chi connectivity index (χ0v) is 9.49. The summed E-state index contributed by atoms with van der Waals surface area (Å²) in [6.45, 7) is 1.86. The summed E-state index contributed by atoms with van der Waals surface area (Å²) in [5.41, 5.74) is 0.578. The molecule has 1 aliphatic carbocycles. The summed E-state index contributed by atoms with van der Waals surface area (Å²) in [6.07, 6.45) is 2.23. The molecule has 4 nitrogen and oxygen atoms in total. The van der Waals surface area contributed by atoms with Gasteiger partial charge in [0, 0.05) is 5.69 Å². The van der Waals surface area contributed by atoms with Crippen molar-refractivity contribution in [1.82, 2.24) is 4.98 Å². The Labute approximate surface area is 94.3 Å². The molecule has 1 aromatic heterocycles. The van der Waals surface area contributed by atoms with E-state index in [0.29, 0.717) is 24.3 Å². The average Bonchev–Trinajstić information content (AvgIpc) is 2.15. The molecule has 1 N–H and O–H groups in total. The minimum atomic E-state index is -0.822. The average molecular weight is 221 g/mol. The maximum atomic E-state index is 11.4. The molecule has 0 amide bonds. The molecule has 0 spiro atoms. The van der Waals surface area contributed by atoms with Crippen molar-refractivity contribution in [3.8, 4) is 5.75 Å². The van der Waals surface area contributed by atoms with Gasteiger partial charge < -0.3 is 9.84 Å². The van der Waals surface area contributed by atoms with Crippen LogP contribution in [-0.2, 0) is 10.2 Å². The second kappa shape index (κ2) is 3.77. The molecule has 0 saturated heterocycles. The van der Waals surface area contributed by atoms with Crippen LogP contribution in [0.2, 0.25) is 0 Å². The topological polar surface area (TPSA) is 59.4 Å². The third-order valence-corrected chi connectivity index (χ3v) is 3.29. The third kappa shape index (κ3) is 1.45. The predicted molar refractivity (Wildman–Crippen MR) is 58.7 cm³/mol. The summed E-state index contributed by atoms with van der Waals surface area (Å²) in [5.74, 6) is -0.220. The Kier molecular flexibility index (Phi) is 2.58. The summed E-state index contributed by atoms with van der Waals surface area (Å²) in [6, 6.07) is 3.62. The number of hydrogen-bond donors (Lipinski definition) is 1. The molecule has 0 aliphatic heterocycles. The highest BCUT2D eigenvalue weighted by Gasteiger charge is 2.49. The van der Waals surface area contributed by atoms with Crippen molar-refractivity contribution >= 4 is 5.97 Å². The fraction of sp³-hybridized carbons (Fsp3) is 0.500. The van der Waals surface area contributed by atoms with E-state index in [1.807, 2.05) is 13.0 Å². The lowest BCUT2D eigenvalue weighted by molar-refractivity contribution is -0.147. The second-order valence-electron chi connectivity index (χ2n) is 4.24. The van der Waals surface area contributed by atoms with Gasteiger partial charge in [0.05, 0.1) is 12.8 Å². The van der Waals surface area contributed by atoms with Crippen LogP contribution in [0.3, 0.4) is 0 Å². The molecule has 1 fully saturated rings. The van der Waals surface area contributed by atoms with E-state index in [-0.39, 0.29) is 0 Å². The van der Waals surface area contributed by atoms with Gasteiger partial charge in [-0.15, -0.1) is 0 Å². The lowest BCUT2D eigenvalue weighted by Crippen LogP contribution is -2.43. The van der Waals surface area contributed by atoms with Gasteiger partial charge in [0.1, 0.15) is 11.2 Å². The van der Waals surface area contributed by atoms with Crippen LogP contribution < -0.4 is 4.74 Å². The largest absolute Gasteiger partial charge is 0.495 e. The number of ether oxygens (including phenoxy) is 1. The van der Waals surface area contributed by atoms with Crippen LogP contribution in [0.4, 0.5) is 0 Å². The van der Waals surface area contributed by atoms with Crippen molar-refractivity contribution in [3.05, 3.63) is 23.5 Å². The van der Waals surface area contributed by atoms with E-state index in [2.05, 4.69) is 4.98 Å². The highest BCUT2D eigenvalue weighted by molar-refractivity contribution is 5.82. The molecule has 1 saturated carbocycles. The van der Waals surface area contributed by atoms with Gasteiger partial charge >= 0.3 is 5.97 Å². The first kappa shape index (κ1) is 10.9. The van der Waals surface area contributed by atoms with Gasteiger partial charge in [0.15, 0.2) is 0 Å². The molecule has 0 aromatic carbocycles. The SMILES string of the molecule is COc1ccc(C)nc1C1(C(=O)O)CCC1. The number of carboxylic acid groups (broad SMARTS) is 1. The zero-order chi connectivity index (χ0) is 11.8. The van der Waals surface area contributed by atoms with Crippen LogP contribution in [0.15, 0.2) is 12.1 Å². The van der Waals surface area contributed by atoms with Crippen molar-refractivity contribution < 1.29 is 14.6 Å². The van der Waals surface area contributed by atoms with Crippen LogP contribution in [0, 0.1) is 6.92 Å². The fourth-order valence-electron chi connectivity index (χ4n) is 2.13. The quantitative estimate of drug-likeness (QED) is 0.846. The minimum Gasteiger partial charge on any atom is -0.495 e. The van der Waals surface area contributed by atoms with Gasteiger partial charge in [0.25, 0.3) is 0 Å². The van der Waals surface area contributed by atoms with Crippen LogP contribution in [0.25, 0.3) is 0 Å². The highest BCUT2D eigenvalue weighted by Crippen LogP contribution is 2.46. The number of aryl methyl sites for hydroxylation is 1. The maximum absolute atomic E-state index is 11.4. The van der Waals surface area contributed by atoms with Crippen LogP contribution >= 0.6 is 0 Å². The summed E-state index contributed by atoms with van der Waals surface area (Å²) < 4.78 is 5.21. The Morgan fingerprint density at radius 3 is 2.62 bits per heavy atom. The van der Waals surface area contributed by atoms with Crippen LogP contribution in [-0.4, -0.2) is 23.2 Å². The summed E-state index contributed by atoms with van der Waals surface area (Å²) >= 11 is 0. The number of carbonyl (C=O) groups is 1.